The van der Waals surface area contributed by atoms with Crippen LogP contribution in [0.15, 0.2) is 47.6 Å². The molecule has 0 saturated heterocycles. The number of aliphatic hydroxyl groups excluding tert-OH is 1. The highest BCUT2D eigenvalue weighted by Crippen LogP contribution is 2.29. The second-order valence-electron chi connectivity index (χ2n) is 4.17. The van der Waals surface area contributed by atoms with Crippen molar-refractivity contribution >= 4 is 33.2 Å². The molecule has 1 atom stereocenters. The molecule has 0 aliphatic rings. The molecule has 0 aliphatic heterocycles. The molecule has 0 aliphatic carbocycles. The minimum Gasteiger partial charge on any atom is -0.387 e. The smallest absolute Gasteiger partial charge is 0.258 e. The molecule has 0 spiro atoms. The van der Waals surface area contributed by atoms with E-state index in [2.05, 4.69) is 9.71 Å². The van der Waals surface area contributed by atoms with Crippen LogP contribution in [0, 0.1) is 0 Å². The fourth-order valence-electron chi connectivity index (χ4n) is 1.70. The van der Waals surface area contributed by atoms with Crippen LogP contribution in [0.3, 0.4) is 0 Å². The van der Waals surface area contributed by atoms with Gasteiger partial charge in [-0.15, -0.1) is 0 Å². The van der Waals surface area contributed by atoms with E-state index in [-0.39, 0.29) is 27.2 Å². The van der Waals surface area contributed by atoms with Gasteiger partial charge in [0.1, 0.15) is 0 Å². The average molecular weight is 347 g/mol. The molecule has 1 aromatic heterocycles. The van der Waals surface area contributed by atoms with Crippen LogP contribution in [0.1, 0.15) is 11.7 Å². The first-order valence-corrected chi connectivity index (χ1v) is 8.18. The molecule has 2 rings (SSSR count). The zero-order chi connectivity index (χ0) is 15.5. The zero-order valence-corrected chi connectivity index (χ0v) is 13.0. The Bertz CT molecular complexity index is 703. The number of benzene rings is 1. The molecule has 112 valence electrons. The Kier molecular flexibility index (Phi) is 5.18. The number of pyridine rings is 1. The van der Waals surface area contributed by atoms with Crippen LogP contribution >= 0.6 is 23.2 Å². The molecule has 2 N–H and O–H groups in total. The van der Waals surface area contributed by atoms with Crippen LogP contribution in [-0.4, -0.2) is 25.1 Å². The van der Waals surface area contributed by atoms with E-state index in [1.54, 1.807) is 30.3 Å². The van der Waals surface area contributed by atoms with Crippen LogP contribution in [0.25, 0.3) is 0 Å². The van der Waals surface area contributed by atoms with Gasteiger partial charge < -0.3 is 5.11 Å². The lowest BCUT2D eigenvalue weighted by atomic mass is 10.1. The summed E-state index contributed by atoms with van der Waals surface area (Å²) in [5, 5.41) is 10.5. The van der Waals surface area contributed by atoms with Gasteiger partial charge in [0.05, 0.1) is 6.10 Å². The van der Waals surface area contributed by atoms with Crippen LogP contribution in [0.5, 0.6) is 0 Å². The summed E-state index contributed by atoms with van der Waals surface area (Å²) in [6.45, 7) is -0.262. The van der Waals surface area contributed by atoms with Gasteiger partial charge in [-0.1, -0.05) is 35.3 Å². The van der Waals surface area contributed by atoms with Crippen molar-refractivity contribution in [3.05, 3.63) is 58.2 Å². The first kappa shape index (κ1) is 16.2. The van der Waals surface area contributed by atoms with Crippen LogP contribution in [0.2, 0.25) is 10.0 Å². The highest BCUT2D eigenvalue weighted by molar-refractivity contribution is 7.89. The molecule has 2 aromatic rings. The largest absolute Gasteiger partial charge is 0.387 e. The summed E-state index contributed by atoms with van der Waals surface area (Å²) in [7, 11) is -3.80. The van der Waals surface area contributed by atoms with Gasteiger partial charge in [0, 0.05) is 28.4 Å². The summed E-state index contributed by atoms with van der Waals surface area (Å²) in [5.74, 6) is 0. The van der Waals surface area contributed by atoms with E-state index in [4.69, 9.17) is 23.2 Å². The molecule has 1 unspecified atom stereocenters. The topological polar surface area (TPSA) is 79.3 Å². The van der Waals surface area contributed by atoms with Gasteiger partial charge in [0.15, 0.2) is 5.03 Å². The minimum atomic E-state index is -3.80. The van der Waals surface area contributed by atoms with E-state index in [9.17, 15) is 13.5 Å². The molecule has 8 heteroatoms. The molecule has 0 bridgehead atoms. The van der Waals surface area contributed by atoms with E-state index < -0.39 is 16.1 Å². The van der Waals surface area contributed by atoms with Gasteiger partial charge in [-0.3, -0.25) is 0 Å². The maximum atomic E-state index is 12.0. The molecule has 0 radical (unpaired) electrons. The van der Waals surface area contributed by atoms with Gasteiger partial charge in [0.25, 0.3) is 10.0 Å². The third-order valence-corrected chi connectivity index (χ3v) is 4.71. The fourth-order valence-corrected chi connectivity index (χ4v) is 3.33. The summed E-state index contributed by atoms with van der Waals surface area (Å²) in [4.78, 5) is 3.75. The average Bonchev–Trinajstić information content (AvgIpc) is 2.46. The number of sulfonamides is 1. The Balaban J connectivity index is 2.13. The lowest BCUT2D eigenvalue weighted by molar-refractivity contribution is 0.182. The second-order valence-corrected chi connectivity index (χ2v) is 6.70. The van der Waals surface area contributed by atoms with Crippen molar-refractivity contribution in [1.29, 1.82) is 0 Å². The number of aromatic nitrogens is 1. The molecule has 1 heterocycles. The van der Waals surface area contributed by atoms with Crippen molar-refractivity contribution in [2.75, 3.05) is 6.54 Å². The summed E-state index contributed by atoms with van der Waals surface area (Å²) in [5.41, 5.74) is 0.282. The molecule has 0 saturated carbocycles. The second kappa shape index (κ2) is 6.72. The molecular weight excluding hydrogens is 335 g/mol. The Labute approximate surface area is 132 Å². The lowest BCUT2D eigenvalue weighted by Crippen LogP contribution is -2.29. The van der Waals surface area contributed by atoms with E-state index in [1.165, 1.54) is 12.3 Å². The number of hydrogen-bond acceptors (Lipinski definition) is 4. The molecule has 1 aromatic carbocycles. The molecule has 5 nitrogen and oxygen atoms in total. The number of halogens is 2. The summed E-state index contributed by atoms with van der Waals surface area (Å²) in [6, 6.07) is 9.30. The summed E-state index contributed by atoms with van der Waals surface area (Å²) < 4.78 is 26.2. The third-order valence-electron chi connectivity index (χ3n) is 2.71. The lowest BCUT2D eigenvalue weighted by Gasteiger charge is -2.15. The van der Waals surface area contributed by atoms with Gasteiger partial charge in [-0.05, 0) is 24.3 Å². The predicted octanol–water partition coefficient (Wildman–Crippen LogP) is 2.40. The molecule has 21 heavy (non-hydrogen) atoms. The Hall–Kier alpha value is -1.18. The summed E-state index contributed by atoms with van der Waals surface area (Å²) in [6.07, 6.45) is 0.209. The number of hydrogen-bond donors (Lipinski definition) is 2. The van der Waals surface area contributed by atoms with E-state index in [0.29, 0.717) is 0 Å². The first-order chi connectivity index (χ1) is 9.92. The first-order valence-electron chi connectivity index (χ1n) is 5.94. The highest BCUT2D eigenvalue weighted by atomic mass is 35.5. The van der Waals surface area contributed by atoms with Crippen LogP contribution in [0.4, 0.5) is 0 Å². The SMILES string of the molecule is O=S(=O)(NCC(O)c1c(Cl)cccc1Cl)c1ccccn1. The Morgan fingerprint density at radius 3 is 2.38 bits per heavy atom. The van der Waals surface area contributed by atoms with Gasteiger partial charge in [-0.25, -0.2) is 18.1 Å². The third kappa shape index (κ3) is 3.93. The normalized spacial score (nSPS) is 13.1. The summed E-state index contributed by atoms with van der Waals surface area (Å²) >= 11 is 11.9. The quantitative estimate of drug-likeness (QED) is 0.871. The van der Waals surface area contributed by atoms with Crippen LogP contribution in [-0.2, 0) is 10.0 Å². The maximum Gasteiger partial charge on any atom is 0.258 e. The standard InChI is InChI=1S/C13H12Cl2N2O3S/c14-9-4-3-5-10(15)13(9)11(18)8-17-21(19,20)12-6-1-2-7-16-12/h1-7,11,17-18H,8H2. The van der Waals surface area contributed by atoms with E-state index in [0.717, 1.165) is 0 Å². The highest BCUT2D eigenvalue weighted by Gasteiger charge is 2.20. The Morgan fingerprint density at radius 1 is 1.14 bits per heavy atom. The number of aliphatic hydroxyl groups is 1. The number of nitrogens with zero attached hydrogens (tertiary/aromatic N) is 1. The van der Waals surface area contributed by atoms with E-state index >= 15 is 0 Å². The number of rotatable bonds is 5. The number of nitrogens with one attached hydrogen (secondary N) is 1. The van der Waals surface area contributed by atoms with Gasteiger partial charge in [0.2, 0.25) is 0 Å². The zero-order valence-electron chi connectivity index (χ0n) is 10.7. The molecular formula is C13H12Cl2N2O3S. The van der Waals surface area contributed by atoms with Crippen molar-refractivity contribution in [2.24, 2.45) is 0 Å². The van der Waals surface area contributed by atoms with Crippen molar-refractivity contribution in [2.45, 2.75) is 11.1 Å². The van der Waals surface area contributed by atoms with Gasteiger partial charge in [-0.2, -0.15) is 0 Å². The van der Waals surface area contributed by atoms with Crippen LogP contribution < -0.4 is 4.72 Å². The Morgan fingerprint density at radius 2 is 1.81 bits per heavy atom. The fraction of sp³-hybridized carbons (Fsp3) is 0.154. The molecule has 0 amide bonds. The van der Waals surface area contributed by atoms with Crippen molar-refractivity contribution in [3.63, 3.8) is 0 Å². The minimum absolute atomic E-state index is 0.123. The molecule has 0 fully saturated rings. The maximum absolute atomic E-state index is 12.0. The van der Waals surface area contributed by atoms with Gasteiger partial charge >= 0.3 is 0 Å². The van der Waals surface area contributed by atoms with Crippen molar-refractivity contribution < 1.29 is 13.5 Å². The monoisotopic (exact) mass is 346 g/mol. The van der Waals surface area contributed by atoms with Crippen molar-refractivity contribution in [1.82, 2.24) is 9.71 Å². The van der Waals surface area contributed by atoms with Crippen molar-refractivity contribution in [3.8, 4) is 0 Å². The predicted molar refractivity (Wildman–Crippen MR) is 80.8 cm³/mol. The van der Waals surface area contributed by atoms with E-state index in [1.807, 2.05) is 0 Å².